The van der Waals surface area contributed by atoms with Crippen LogP contribution in [0, 0.1) is 6.92 Å². The van der Waals surface area contributed by atoms with E-state index < -0.39 is 0 Å². The summed E-state index contributed by atoms with van der Waals surface area (Å²) in [5, 5.41) is 0. The number of para-hydroxylation sites is 1. The zero-order valence-electron chi connectivity index (χ0n) is 11.7. The molecule has 102 valence electrons. The van der Waals surface area contributed by atoms with E-state index in [9.17, 15) is 4.79 Å². The van der Waals surface area contributed by atoms with Crippen LogP contribution >= 0.6 is 0 Å². The van der Waals surface area contributed by atoms with E-state index in [0.29, 0.717) is 6.47 Å². The van der Waals surface area contributed by atoms with Crippen molar-refractivity contribution in [1.29, 1.82) is 0 Å². The summed E-state index contributed by atoms with van der Waals surface area (Å²) in [5.41, 5.74) is 6.06. The van der Waals surface area contributed by atoms with Crippen LogP contribution in [0.25, 0.3) is 0 Å². The van der Waals surface area contributed by atoms with Gasteiger partial charge in [0.25, 0.3) is 6.47 Å². The SMILES string of the molecule is Cc1cccc2c1Cc1ccccc1N2C(C)OC=O. The first-order valence-electron chi connectivity index (χ1n) is 6.77. The van der Waals surface area contributed by atoms with E-state index in [4.69, 9.17) is 4.74 Å². The Balaban J connectivity index is 2.17. The lowest BCUT2D eigenvalue weighted by molar-refractivity contribution is -0.132. The van der Waals surface area contributed by atoms with Crippen LogP contribution in [0.2, 0.25) is 0 Å². The Kier molecular flexibility index (Phi) is 3.18. The molecule has 0 amide bonds. The van der Waals surface area contributed by atoms with Gasteiger partial charge in [-0.15, -0.1) is 0 Å². The van der Waals surface area contributed by atoms with Gasteiger partial charge in [-0.1, -0.05) is 30.3 Å². The molecule has 2 aromatic carbocycles. The predicted octanol–water partition coefficient (Wildman–Crippen LogP) is 3.56. The van der Waals surface area contributed by atoms with Crippen LogP contribution in [0.3, 0.4) is 0 Å². The summed E-state index contributed by atoms with van der Waals surface area (Å²) >= 11 is 0. The minimum Gasteiger partial charge on any atom is -0.444 e. The second-order valence-corrected chi connectivity index (χ2v) is 5.08. The maximum absolute atomic E-state index is 10.7. The van der Waals surface area contributed by atoms with Crippen molar-refractivity contribution in [1.82, 2.24) is 0 Å². The molecule has 3 rings (SSSR count). The number of rotatable bonds is 3. The molecule has 0 saturated heterocycles. The summed E-state index contributed by atoms with van der Waals surface area (Å²) in [5.74, 6) is 0. The molecule has 1 unspecified atom stereocenters. The van der Waals surface area contributed by atoms with Crippen LogP contribution in [0.1, 0.15) is 23.6 Å². The Labute approximate surface area is 118 Å². The van der Waals surface area contributed by atoms with Gasteiger partial charge >= 0.3 is 0 Å². The van der Waals surface area contributed by atoms with Crippen LogP contribution in [-0.2, 0) is 16.0 Å². The Bertz CT molecular complexity index is 651. The van der Waals surface area contributed by atoms with Crippen molar-refractivity contribution < 1.29 is 9.53 Å². The fraction of sp³-hybridized carbons (Fsp3) is 0.235. The lowest BCUT2D eigenvalue weighted by Gasteiger charge is -2.37. The highest BCUT2D eigenvalue weighted by Gasteiger charge is 2.27. The molecule has 1 heterocycles. The van der Waals surface area contributed by atoms with Crippen molar-refractivity contribution in [3.05, 3.63) is 59.2 Å². The van der Waals surface area contributed by atoms with E-state index in [1.54, 1.807) is 0 Å². The number of ether oxygens (including phenoxy) is 1. The van der Waals surface area contributed by atoms with Gasteiger partial charge in [-0.25, -0.2) is 0 Å². The summed E-state index contributed by atoms with van der Waals surface area (Å²) in [7, 11) is 0. The number of aryl methyl sites for hydroxylation is 1. The van der Waals surface area contributed by atoms with Crippen LogP contribution in [-0.4, -0.2) is 12.7 Å². The van der Waals surface area contributed by atoms with Crippen LogP contribution < -0.4 is 4.90 Å². The Morgan fingerprint density at radius 3 is 2.70 bits per heavy atom. The highest BCUT2D eigenvalue weighted by atomic mass is 16.5. The van der Waals surface area contributed by atoms with E-state index in [0.717, 1.165) is 17.8 Å². The van der Waals surface area contributed by atoms with E-state index >= 15 is 0 Å². The number of benzene rings is 2. The van der Waals surface area contributed by atoms with Gasteiger partial charge in [0, 0.05) is 17.8 Å². The standard InChI is InChI=1S/C17H17NO2/c1-12-6-5-9-17-15(12)10-14-7-3-4-8-16(14)18(17)13(2)20-11-19/h3-9,11,13H,10H2,1-2H3. The lowest BCUT2D eigenvalue weighted by atomic mass is 9.92. The number of hydrogen-bond donors (Lipinski definition) is 0. The number of carbonyl (C=O) groups excluding carboxylic acids is 1. The molecule has 0 fully saturated rings. The maximum Gasteiger partial charge on any atom is 0.295 e. The average Bonchev–Trinajstić information content (AvgIpc) is 2.46. The van der Waals surface area contributed by atoms with E-state index in [1.165, 1.54) is 16.7 Å². The molecule has 3 heteroatoms. The first-order valence-corrected chi connectivity index (χ1v) is 6.77. The second kappa shape index (κ2) is 5.00. The smallest absolute Gasteiger partial charge is 0.295 e. The quantitative estimate of drug-likeness (QED) is 0.796. The molecular formula is C17H17NO2. The van der Waals surface area contributed by atoms with Crippen LogP contribution in [0.5, 0.6) is 0 Å². The number of fused-ring (bicyclic) bond motifs is 2. The zero-order valence-corrected chi connectivity index (χ0v) is 11.7. The minimum atomic E-state index is -0.325. The molecule has 0 radical (unpaired) electrons. The van der Waals surface area contributed by atoms with Gasteiger partial charge in [0.2, 0.25) is 0 Å². The van der Waals surface area contributed by atoms with Gasteiger partial charge in [-0.2, -0.15) is 0 Å². The summed E-state index contributed by atoms with van der Waals surface area (Å²) in [6.07, 6.45) is 0.595. The summed E-state index contributed by atoms with van der Waals surface area (Å²) < 4.78 is 5.18. The Morgan fingerprint density at radius 2 is 1.90 bits per heavy atom. The molecule has 0 N–H and O–H groups in total. The van der Waals surface area contributed by atoms with Crippen LogP contribution in [0.4, 0.5) is 11.4 Å². The number of anilines is 2. The summed E-state index contributed by atoms with van der Waals surface area (Å²) in [4.78, 5) is 12.8. The summed E-state index contributed by atoms with van der Waals surface area (Å²) in [6, 6.07) is 14.5. The lowest BCUT2D eigenvalue weighted by Crippen LogP contribution is -2.34. The van der Waals surface area contributed by atoms with Crippen LogP contribution in [0.15, 0.2) is 42.5 Å². The third kappa shape index (κ3) is 1.95. The van der Waals surface area contributed by atoms with E-state index in [-0.39, 0.29) is 6.23 Å². The van der Waals surface area contributed by atoms with Gasteiger partial charge in [-0.3, -0.25) is 4.79 Å². The average molecular weight is 267 g/mol. The topological polar surface area (TPSA) is 29.5 Å². The molecule has 1 aliphatic rings. The molecule has 0 aliphatic carbocycles. The van der Waals surface area contributed by atoms with Gasteiger partial charge in [-0.05, 0) is 42.7 Å². The fourth-order valence-electron chi connectivity index (χ4n) is 2.89. The molecule has 0 spiro atoms. The van der Waals surface area contributed by atoms with Crippen molar-refractivity contribution in [2.75, 3.05) is 4.90 Å². The molecule has 0 aromatic heterocycles. The van der Waals surface area contributed by atoms with Gasteiger partial charge in [0.1, 0.15) is 0 Å². The highest BCUT2D eigenvalue weighted by Crippen LogP contribution is 2.41. The van der Waals surface area contributed by atoms with Crippen molar-refractivity contribution in [2.45, 2.75) is 26.5 Å². The second-order valence-electron chi connectivity index (χ2n) is 5.08. The van der Waals surface area contributed by atoms with Gasteiger partial charge in [0.05, 0.1) is 0 Å². The normalized spacial score (nSPS) is 14.2. The Hall–Kier alpha value is -2.29. The fourth-order valence-corrected chi connectivity index (χ4v) is 2.89. The Morgan fingerprint density at radius 1 is 1.15 bits per heavy atom. The van der Waals surface area contributed by atoms with E-state index in [2.05, 4.69) is 36.1 Å². The molecule has 0 saturated carbocycles. The van der Waals surface area contributed by atoms with Gasteiger partial charge in [0.15, 0.2) is 6.23 Å². The maximum atomic E-state index is 10.7. The number of hydrogen-bond acceptors (Lipinski definition) is 3. The summed E-state index contributed by atoms with van der Waals surface area (Å²) in [6.45, 7) is 4.52. The molecule has 3 nitrogen and oxygen atoms in total. The molecular weight excluding hydrogens is 250 g/mol. The molecule has 20 heavy (non-hydrogen) atoms. The molecule has 0 bridgehead atoms. The third-order valence-electron chi connectivity index (χ3n) is 3.88. The predicted molar refractivity (Wildman–Crippen MR) is 79.2 cm³/mol. The molecule has 2 aromatic rings. The first-order chi connectivity index (χ1) is 9.72. The largest absolute Gasteiger partial charge is 0.444 e. The monoisotopic (exact) mass is 267 g/mol. The minimum absolute atomic E-state index is 0.325. The number of carbonyl (C=O) groups is 1. The highest BCUT2D eigenvalue weighted by molar-refractivity contribution is 5.75. The first kappa shape index (κ1) is 12.7. The molecule has 1 aliphatic heterocycles. The van der Waals surface area contributed by atoms with Crippen molar-refractivity contribution in [3.63, 3.8) is 0 Å². The molecule has 1 atom stereocenters. The van der Waals surface area contributed by atoms with E-state index in [1.807, 2.05) is 25.1 Å². The third-order valence-corrected chi connectivity index (χ3v) is 3.88. The zero-order chi connectivity index (χ0) is 14.1. The van der Waals surface area contributed by atoms with Crippen molar-refractivity contribution in [2.24, 2.45) is 0 Å². The van der Waals surface area contributed by atoms with Crippen molar-refractivity contribution in [3.8, 4) is 0 Å². The number of nitrogens with zero attached hydrogens (tertiary/aromatic N) is 1. The van der Waals surface area contributed by atoms with Gasteiger partial charge < -0.3 is 9.64 Å². The van der Waals surface area contributed by atoms with Crippen molar-refractivity contribution >= 4 is 17.8 Å².